The van der Waals surface area contributed by atoms with Crippen molar-refractivity contribution in [1.82, 2.24) is 0 Å². The molecule has 3 rings (SSSR count). The van der Waals surface area contributed by atoms with Crippen LogP contribution >= 0.6 is 67.8 Å². The van der Waals surface area contributed by atoms with E-state index >= 15 is 0 Å². The molecule has 0 atom stereocenters. The Morgan fingerprint density at radius 2 is 1.50 bits per heavy atom. The highest BCUT2D eigenvalue weighted by molar-refractivity contribution is 14.1. The summed E-state index contributed by atoms with van der Waals surface area (Å²) in [5.41, 5.74) is 0.844. The van der Waals surface area contributed by atoms with Crippen molar-refractivity contribution in [2.24, 2.45) is 0 Å². The second-order valence-electron chi connectivity index (χ2n) is 6.17. The van der Waals surface area contributed by atoms with Gasteiger partial charge < -0.3 is 14.2 Å². The molecular formula is C20H17I3O6S. The monoisotopic (exact) mass is 766 g/mol. The van der Waals surface area contributed by atoms with Crippen LogP contribution in [0.15, 0.2) is 54.6 Å². The Bertz CT molecular complexity index is 1050. The van der Waals surface area contributed by atoms with E-state index in [1.54, 1.807) is 0 Å². The molecule has 0 saturated carbocycles. The minimum atomic E-state index is -4.00. The summed E-state index contributed by atoms with van der Waals surface area (Å²) in [5.74, 6) is 1.57. The van der Waals surface area contributed by atoms with E-state index in [0.29, 0.717) is 17.2 Å². The molecule has 0 amide bonds. The fourth-order valence-corrected chi connectivity index (χ4v) is 7.30. The van der Waals surface area contributed by atoms with E-state index in [-0.39, 0.29) is 18.8 Å². The first-order chi connectivity index (χ1) is 14.3. The summed E-state index contributed by atoms with van der Waals surface area (Å²) < 4.78 is 51.4. The number of fused-ring (bicyclic) bond motifs is 1. The maximum atomic E-state index is 10.9. The molecule has 0 unspecified atom stereocenters. The van der Waals surface area contributed by atoms with Gasteiger partial charge in [-0.3, -0.25) is 4.55 Å². The van der Waals surface area contributed by atoms with Crippen molar-refractivity contribution in [1.29, 1.82) is 0 Å². The lowest BCUT2D eigenvalue weighted by molar-refractivity contribution is 0.0467. The summed E-state index contributed by atoms with van der Waals surface area (Å²) >= 11 is 6.61. The number of rotatable bonds is 6. The number of benzene rings is 1. The first-order valence-corrected chi connectivity index (χ1v) is 13.6. The largest absolute Gasteiger partial charge is 0.491 e. The second kappa shape index (κ2) is 10.8. The third-order valence-electron chi connectivity index (χ3n) is 3.95. The Kier molecular flexibility index (Phi) is 8.69. The van der Waals surface area contributed by atoms with E-state index in [1.165, 1.54) is 0 Å². The lowest BCUT2D eigenvalue weighted by Gasteiger charge is -2.19. The molecule has 0 fully saturated rings. The highest BCUT2D eigenvalue weighted by Gasteiger charge is 2.31. The van der Waals surface area contributed by atoms with Gasteiger partial charge in [0.1, 0.15) is 5.75 Å². The SMILES string of the molecule is O=S(=O)(O)CCCOc1c(I)cc(I)c(C2Oc3ccccccccc3O2)c1I. The van der Waals surface area contributed by atoms with Crippen LogP contribution in [0.2, 0.25) is 0 Å². The molecule has 0 spiro atoms. The molecule has 0 saturated heterocycles. The van der Waals surface area contributed by atoms with Crippen LogP contribution in [0, 0.1) is 10.7 Å². The number of halogens is 3. The van der Waals surface area contributed by atoms with Gasteiger partial charge in [0.15, 0.2) is 11.5 Å². The third-order valence-corrected chi connectivity index (χ3v) is 7.52. The Morgan fingerprint density at radius 3 is 2.07 bits per heavy atom. The molecule has 1 aliphatic rings. The fourth-order valence-electron chi connectivity index (χ4n) is 2.62. The van der Waals surface area contributed by atoms with Gasteiger partial charge in [-0.1, -0.05) is 36.4 Å². The van der Waals surface area contributed by atoms with E-state index in [0.717, 1.165) is 16.3 Å². The van der Waals surface area contributed by atoms with Crippen LogP contribution < -0.4 is 14.2 Å². The van der Waals surface area contributed by atoms with Gasteiger partial charge in [0, 0.05) is 3.57 Å². The number of hydrogen-bond acceptors (Lipinski definition) is 5. The standard InChI is InChI=1S/C20H17I3O6S/c21-13-12-14(22)19(27-10-7-11-30(24,25)26)18(23)17(13)20-28-15-8-5-3-1-2-4-6-9-16(15)29-20/h1-6,8-9,12,20H,7,10-11H2,(H,24,25,26). The molecule has 0 radical (unpaired) electrons. The van der Waals surface area contributed by atoms with Crippen molar-refractivity contribution < 1.29 is 27.2 Å². The topological polar surface area (TPSA) is 82.1 Å². The maximum absolute atomic E-state index is 10.9. The summed E-state index contributed by atoms with van der Waals surface area (Å²) in [6.45, 7) is 0.164. The molecule has 0 aromatic heterocycles. The molecule has 2 aromatic carbocycles. The average molecular weight is 766 g/mol. The Morgan fingerprint density at radius 1 is 0.933 bits per heavy atom. The molecule has 10 heteroatoms. The van der Waals surface area contributed by atoms with Crippen LogP contribution in [0.25, 0.3) is 0 Å². The quantitative estimate of drug-likeness (QED) is 0.229. The van der Waals surface area contributed by atoms with Crippen LogP contribution in [0.3, 0.4) is 0 Å². The van der Waals surface area contributed by atoms with E-state index < -0.39 is 16.4 Å². The zero-order valence-electron chi connectivity index (χ0n) is 15.4. The minimum Gasteiger partial charge on any atom is -0.491 e. The molecular weight excluding hydrogens is 749 g/mol. The van der Waals surface area contributed by atoms with Gasteiger partial charge in [-0.25, -0.2) is 0 Å². The summed E-state index contributed by atoms with van der Waals surface area (Å²) in [6.07, 6.45) is -0.441. The first kappa shape index (κ1) is 24.1. The lowest BCUT2D eigenvalue weighted by atomic mass is 10.2. The molecule has 30 heavy (non-hydrogen) atoms. The first-order valence-electron chi connectivity index (χ1n) is 8.77. The van der Waals surface area contributed by atoms with Crippen molar-refractivity contribution in [2.75, 3.05) is 12.4 Å². The van der Waals surface area contributed by atoms with Gasteiger partial charge in [-0.15, -0.1) is 0 Å². The highest BCUT2D eigenvalue weighted by atomic mass is 127. The lowest BCUT2D eigenvalue weighted by Crippen LogP contribution is -2.15. The van der Waals surface area contributed by atoms with Crippen LogP contribution in [0.1, 0.15) is 18.3 Å². The zero-order valence-corrected chi connectivity index (χ0v) is 22.7. The Balaban J connectivity index is 1.88. The van der Waals surface area contributed by atoms with Crippen LogP contribution in [-0.4, -0.2) is 25.3 Å². The van der Waals surface area contributed by atoms with Crippen molar-refractivity contribution in [3.05, 3.63) is 70.9 Å². The van der Waals surface area contributed by atoms with Gasteiger partial charge in [-0.2, -0.15) is 8.42 Å². The second-order valence-corrected chi connectivity index (χ2v) is 11.1. The molecule has 6 nitrogen and oxygen atoms in total. The van der Waals surface area contributed by atoms with E-state index in [2.05, 4.69) is 67.8 Å². The van der Waals surface area contributed by atoms with E-state index in [4.69, 9.17) is 18.8 Å². The summed E-state index contributed by atoms with van der Waals surface area (Å²) in [7, 11) is -4.00. The van der Waals surface area contributed by atoms with Gasteiger partial charge in [0.2, 0.25) is 0 Å². The summed E-state index contributed by atoms with van der Waals surface area (Å²) in [5, 5.41) is 0. The molecule has 1 N–H and O–H groups in total. The predicted octanol–water partition coefficient (Wildman–Crippen LogP) is 5.75. The predicted molar refractivity (Wildman–Crippen MR) is 139 cm³/mol. The van der Waals surface area contributed by atoms with Crippen molar-refractivity contribution in [3.63, 3.8) is 0 Å². The Hall–Kier alpha value is -0.580. The molecule has 0 aliphatic carbocycles. The zero-order chi connectivity index (χ0) is 21.7. The van der Waals surface area contributed by atoms with E-state index in [9.17, 15) is 8.42 Å². The van der Waals surface area contributed by atoms with Gasteiger partial charge >= 0.3 is 0 Å². The van der Waals surface area contributed by atoms with Gasteiger partial charge in [0.05, 0.1) is 25.1 Å². The van der Waals surface area contributed by atoms with Crippen molar-refractivity contribution >= 4 is 77.9 Å². The van der Waals surface area contributed by atoms with Crippen LogP contribution in [-0.2, 0) is 10.1 Å². The van der Waals surface area contributed by atoms with Crippen molar-refractivity contribution in [2.45, 2.75) is 12.7 Å². The van der Waals surface area contributed by atoms with Gasteiger partial charge in [0.25, 0.3) is 16.4 Å². The van der Waals surface area contributed by atoms with E-state index in [1.807, 2.05) is 54.6 Å². The smallest absolute Gasteiger partial charge is 0.270 e. The number of hydrogen-bond donors (Lipinski definition) is 1. The fraction of sp³-hybridized carbons (Fsp3) is 0.200. The average Bonchev–Trinajstić information content (AvgIpc) is 3.05. The van der Waals surface area contributed by atoms with Crippen LogP contribution in [0.4, 0.5) is 0 Å². The molecule has 1 aliphatic heterocycles. The Labute approximate surface area is 216 Å². The third kappa shape index (κ3) is 6.46. The molecule has 160 valence electrons. The van der Waals surface area contributed by atoms with Gasteiger partial charge in [-0.05, 0) is 92.4 Å². The van der Waals surface area contributed by atoms with Crippen molar-refractivity contribution in [3.8, 4) is 17.2 Å². The van der Waals surface area contributed by atoms with Crippen LogP contribution in [0.5, 0.6) is 17.2 Å². The summed E-state index contributed by atoms with van der Waals surface area (Å²) in [6, 6.07) is 17.1. The normalized spacial score (nSPS) is 13.1. The maximum Gasteiger partial charge on any atom is 0.270 e. The molecule has 0 bridgehead atoms. The molecule has 2 aromatic rings. The highest BCUT2D eigenvalue weighted by Crippen LogP contribution is 2.44. The minimum absolute atomic E-state index is 0.164. The molecule has 1 heterocycles. The summed E-state index contributed by atoms with van der Waals surface area (Å²) in [4.78, 5) is 0. The number of ether oxygens (including phenoxy) is 3.